The molecule has 3 rings (SSSR count). The number of rotatable bonds is 10. The lowest BCUT2D eigenvalue weighted by molar-refractivity contribution is -0.132. The Bertz CT molecular complexity index is 971. The summed E-state index contributed by atoms with van der Waals surface area (Å²) in [6.07, 6.45) is 12.3. The molecular formula is C27H32O12. The van der Waals surface area contributed by atoms with E-state index < -0.39 is 23.3 Å². The van der Waals surface area contributed by atoms with Crippen LogP contribution in [-0.2, 0) is 14.4 Å². The molecule has 0 spiro atoms. The predicted molar refractivity (Wildman–Crippen MR) is 140 cm³/mol. The molecule has 0 unspecified atom stereocenters. The molecule has 12 nitrogen and oxygen atoms in total. The van der Waals surface area contributed by atoms with E-state index >= 15 is 0 Å². The van der Waals surface area contributed by atoms with E-state index in [1.165, 1.54) is 37.0 Å². The molecule has 0 bridgehead atoms. The van der Waals surface area contributed by atoms with Crippen molar-refractivity contribution >= 4 is 36.1 Å². The van der Waals surface area contributed by atoms with Gasteiger partial charge in [0.05, 0.1) is 38.6 Å². The first kappa shape index (κ1) is 34.4. The highest BCUT2D eigenvalue weighted by Crippen LogP contribution is 2.18. The molecule has 0 aliphatic heterocycles. The van der Waals surface area contributed by atoms with E-state index in [1.54, 1.807) is 36.4 Å². The number of hydrogen-bond donors (Lipinski definition) is 6. The molecule has 3 aromatic rings. The third kappa shape index (κ3) is 17.4. The third-order valence-corrected chi connectivity index (χ3v) is 4.56. The van der Waals surface area contributed by atoms with Crippen molar-refractivity contribution in [2.24, 2.45) is 5.41 Å². The SMILES string of the molecule is CCC(CO)(CO)CO.O=C(O)C=Cc1ccco1.O=C(O)C=Cc1ccco1.O=C(O)C=Cc1ccco1. The first-order valence-corrected chi connectivity index (χ1v) is 11.3. The van der Waals surface area contributed by atoms with Gasteiger partial charge in [0.1, 0.15) is 17.3 Å². The van der Waals surface area contributed by atoms with E-state index in [4.69, 9.17) is 43.9 Å². The summed E-state index contributed by atoms with van der Waals surface area (Å²) in [5.74, 6) is -1.29. The Kier molecular flexibility index (Phi) is 18.0. The first-order valence-electron chi connectivity index (χ1n) is 11.3. The van der Waals surface area contributed by atoms with Gasteiger partial charge < -0.3 is 43.9 Å². The Morgan fingerprint density at radius 1 is 0.641 bits per heavy atom. The van der Waals surface area contributed by atoms with Crippen LogP contribution in [0.5, 0.6) is 0 Å². The predicted octanol–water partition coefficient (Wildman–Crippen LogP) is 3.49. The largest absolute Gasteiger partial charge is 0.478 e. The molecule has 0 atom stereocenters. The first-order chi connectivity index (χ1) is 18.6. The molecule has 12 heteroatoms. The Morgan fingerprint density at radius 2 is 0.923 bits per heavy atom. The van der Waals surface area contributed by atoms with Crippen LogP contribution in [0.2, 0.25) is 0 Å². The van der Waals surface area contributed by atoms with Gasteiger partial charge in [-0.2, -0.15) is 0 Å². The van der Waals surface area contributed by atoms with Crippen molar-refractivity contribution in [1.82, 2.24) is 0 Å². The average Bonchev–Trinajstić information content (AvgIpc) is 3.72. The van der Waals surface area contributed by atoms with Crippen molar-refractivity contribution in [2.75, 3.05) is 19.8 Å². The van der Waals surface area contributed by atoms with Gasteiger partial charge >= 0.3 is 17.9 Å². The fourth-order valence-electron chi connectivity index (χ4n) is 2.10. The molecule has 0 saturated heterocycles. The minimum Gasteiger partial charge on any atom is -0.478 e. The number of carboxylic acid groups (broad SMARTS) is 3. The van der Waals surface area contributed by atoms with E-state index in [-0.39, 0.29) is 19.8 Å². The molecular weight excluding hydrogens is 516 g/mol. The normalized spacial score (nSPS) is 10.8. The second kappa shape index (κ2) is 20.4. The smallest absolute Gasteiger partial charge is 0.328 e. The Labute approximate surface area is 224 Å². The number of aliphatic hydroxyl groups excluding tert-OH is 3. The maximum absolute atomic E-state index is 9.97. The van der Waals surface area contributed by atoms with Gasteiger partial charge in [0.2, 0.25) is 0 Å². The van der Waals surface area contributed by atoms with Crippen LogP contribution < -0.4 is 0 Å². The molecule has 0 aromatic carbocycles. The molecule has 0 amide bonds. The van der Waals surface area contributed by atoms with E-state index in [0.717, 1.165) is 18.2 Å². The molecule has 3 aromatic heterocycles. The maximum atomic E-state index is 9.97. The van der Waals surface area contributed by atoms with Crippen LogP contribution in [0.3, 0.4) is 0 Å². The van der Waals surface area contributed by atoms with Crippen LogP contribution in [0.4, 0.5) is 0 Å². The molecule has 39 heavy (non-hydrogen) atoms. The van der Waals surface area contributed by atoms with Crippen LogP contribution in [-0.4, -0.2) is 68.4 Å². The van der Waals surface area contributed by atoms with Crippen molar-refractivity contribution in [2.45, 2.75) is 13.3 Å². The number of carboxylic acids is 3. The molecule has 212 valence electrons. The molecule has 6 N–H and O–H groups in total. The fraction of sp³-hybridized carbons (Fsp3) is 0.222. The number of aliphatic carboxylic acids is 3. The van der Waals surface area contributed by atoms with E-state index in [0.29, 0.717) is 23.7 Å². The Balaban J connectivity index is 0.000000494. The maximum Gasteiger partial charge on any atom is 0.328 e. The van der Waals surface area contributed by atoms with Crippen molar-refractivity contribution in [3.8, 4) is 0 Å². The van der Waals surface area contributed by atoms with Gasteiger partial charge in [-0.1, -0.05) is 6.92 Å². The summed E-state index contributed by atoms with van der Waals surface area (Å²) in [5.41, 5.74) is -0.667. The minimum atomic E-state index is -0.976. The molecule has 0 fully saturated rings. The monoisotopic (exact) mass is 548 g/mol. The van der Waals surface area contributed by atoms with E-state index in [2.05, 4.69) is 0 Å². The highest BCUT2D eigenvalue weighted by atomic mass is 16.4. The van der Waals surface area contributed by atoms with Crippen molar-refractivity contribution in [1.29, 1.82) is 0 Å². The van der Waals surface area contributed by atoms with Crippen molar-refractivity contribution in [3.63, 3.8) is 0 Å². The van der Waals surface area contributed by atoms with Crippen LogP contribution in [0.1, 0.15) is 30.6 Å². The fourth-order valence-corrected chi connectivity index (χ4v) is 2.10. The second-order valence-electron chi connectivity index (χ2n) is 7.39. The number of aliphatic hydroxyl groups is 3. The Hall–Kier alpha value is -4.65. The quantitative estimate of drug-likeness (QED) is 0.201. The van der Waals surface area contributed by atoms with E-state index in [1.807, 2.05) is 6.92 Å². The van der Waals surface area contributed by atoms with Gasteiger partial charge in [0, 0.05) is 23.6 Å². The van der Waals surface area contributed by atoms with Gasteiger partial charge in [-0.15, -0.1) is 0 Å². The molecule has 3 heterocycles. The highest BCUT2D eigenvalue weighted by Gasteiger charge is 2.24. The molecule has 0 aliphatic carbocycles. The summed E-state index contributed by atoms with van der Waals surface area (Å²) >= 11 is 0. The summed E-state index contributed by atoms with van der Waals surface area (Å²) in [6.45, 7) is 1.35. The summed E-state index contributed by atoms with van der Waals surface area (Å²) in [6, 6.07) is 10.1. The van der Waals surface area contributed by atoms with Gasteiger partial charge in [0.15, 0.2) is 0 Å². The van der Waals surface area contributed by atoms with Gasteiger partial charge in [-0.25, -0.2) is 14.4 Å². The van der Waals surface area contributed by atoms with Crippen molar-refractivity contribution in [3.05, 3.63) is 90.7 Å². The molecule has 0 aliphatic rings. The topological polar surface area (TPSA) is 212 Å². The van der Waals surface area contributed by atoms with Gasteiger partial charge in [-0.05, 0) is 61.0 Å². The minimum absolute atomic E-state index is 0.156. The zero-order valence-electron chi connectivity index (χ0n) is 21.1. The zero-order valence-corrected chi connectivity index (χ0v) is 21.1. The van der Waals surface area contributed by atoms with Crippen molar-refractivity contribution < 1.29 is 58.3 Å². The summed E-state index contributed by atoms with van der Waals surface area (Å²) in [5, 5.41) is 50.5. The lowest BCUT2D eigenvalue weighted by atomic mass is 9.88. The van der Waals surface area contributed by atoms with Crippen LogP contribution in [0.15, 0.2) is 86.7 Å². The number of hydrogen-bond acceptors (Lipinski definition) is 9. The highest BCUT2D eigenvalue weighted by molar-refractivity contribution is 5.85. The van der Waals surface area contributed by atoms with Gasteiger partial charge in [-0.3, -0.25) is 0 Å². The third-order valence-electron chi connectivity index (χ3n) is 4.56. The van der Waals surface area contributed by atoms with Crippen LogP contribution in [0, 0.1) is 5.41 Å². The summed E-state index contributed by atoms with van der Waals surface area (Å²) in [7, 11) is 0. The van der Waals surface area contributed by atoms with Crippen LogP contribution >= 0.6 is 0 Å². The van der Waals surface area contributed by atoms with Gasteiger partial charge in [0.25, 0.3) is 0 Å². The number of furan rings is 3. The average molecular weight is 549 g/mol. The molecule has 0 radical (unpaired) electrons. The van der Waals surface area contributed by atoms with Crippen LogP contribution in [0.25, 0.3) is 18.2 Å². The summed E-state index contributed by atoms with van der Waals surface area (Å²) < 4.78 is 14.5. The lowest BCUT2D eigenvalue weighted by Gasteiger charge is -2.24. The molecule has 0 saturated carbocycles. The van der Waals surface area contributed by atoms with E-state index in [9.17, 15) is 14.4 Å². The zero-order chi connectivity index (χ0) is 29.5. The second-order valence-corrected chi connectivity index (χ2v) is 7.39. The Morgan fingerprint density at radius 3 is 1.05 bits per heavy atom. The standard InChI is InChI=1S/3C7H6O3.C6H14O3/c3*8-7(9)4-3-6-2-1-5-10-6;1-2-6(3-7,4-8)5-9/h3*1-5H,(H,8,9);7-9H,2-5H2,1H3. The number of carbonyl (C=O) groups is 3. The lowest BCUT2D eigenvalue weighted by Crippen LogP contribution is -2.32. The summed E-state index contributed by atoms with van der Waals surface area (Å²) in [4.78, 5) is 29.9.